The fraction of sp³-hybridized carbons (Fsp3) is 0.500. The number of rotatable bonds is 1. The Morgan fingerprint density at radius 1 is 1.35 bits per heavy atom. The van der Waals surface area contributed by atoms with Gasteiger partial charge >= 0.3 is 0 Å². The summed E-state index contributed by atoms with van der Waals surface area (Å²) in [6.07, 6.45) is 0.805. The summed E-state index contributed by atoms with van der Waals surface area (Å²) in [6, 6.07) is 2.05. The predicted octanol–water partition coefficient (Wildman–Crippen LogP) is 2.06. The van der Waals surface area contributed by atoms with Gasteiger partial charge in [-0.05, 0) is 37.6 Å². The van der Waals surface area contributed by atoms with Gasteiger partial charge in [-0.2, -0.15) is 0 Å². The van der Waals surface area contributed by atoms with Crippen LogP contribution in [0, 0.1) is 18.6 Å². The molecule has 2 rings (SSSR count). The van der Waals surface area contributed by atoms with Gasteiger partial charge in [-0.3, -0.25) is 4.21 Å². The molecule has 1 aromatic rings. The highest BCUT2D eigenvalue weighted by molar-refractivity contribution is 7.85. The number of nitrogens with one attached hydrogen (secondary N) is 1. The third-order valence-electron chi connectivity index (χ3n) is 2.95. The van der Waals surface area contributed by atoms with Crippen LogP contribution in [0.4, 0.5) is 8.78 Å². The SMILES string of the molecule is Cc1cc(F)c(C2CS(=O)CCCN2)cc1F. The van der Waals surface area contributed by atoms with Crippen LogP contribution in [0.15, 0.2) is 12.1 Å². The molecule has 0 bridgehead atoms. The van der Waals surface area contributed by atoms with Crippen molar-refractivity contribution in [3.05, 3.63) is 34.9 Å². The highest BCUT2D eigenvalue weighted by atomic mass is 32.2. The lowest BCUT2D eigenvalue weighted by Gasteiger charge is -2.17. The minimum absolute atomic E-state index is 0.281. The van der Waals surface area contributed by atoms with Crippen LogP contribution in [0.5, 0.6) is 0 Å². The minimum atomic E-state index is -0.960. The van der Waals surface area contributed by atoms with E-state index in [2.05, 4.69) is 5.32 Å². The summed E-state index contributed by atoms with van der Waals surface area (Å²) in [5.41, 5.74) is 0.573. The maximum absolute atomic E-state index is 13.8. The zero-order valence-corrected chi connectivity index (χ0v) is 10.4. The Labute approximate surface area is 102 Å². The van der Waals surface area contributed by atoms with Crippen LogP contribution < -0.4 is 5.32 Å². The highest BCUT2D eigenvalue weighted by Crippen LogP contribution is 2.23. The summed E-state index contributed by atoms with van der Waals surface area (Å²) in [7, 11) is -0.960. The molecule has 2 unspecified atom stereocenters. The lowest BCUT2D eigenvalue weighted by Crippen LogP contribution is -2.25. The zero-order chi connectivity index (χ0) is 12.4. The number of benzene rings is 1. The highest BCUT2D eigenvalue weighted by Gasteiger charge is 2.21. The summed E-state index contributed by atoms with van der Waals surface area (Å²) in [5, 5.41) is 3.12. The second-order valence-corrected chi connectivity index (χ2v) is 5.92. The molecule has 1 aliphatic rings. The van der Waals surface area contributed by atoms with E-state index in [1.54, 1.807) is 0 Å². The van der Waals surface area contributed by atoms with Gasteiger partial charge in [-0.15, -0.1) is 0 Å². The quantitative estimate of drug-likeness (QED) is 0.836. The van der Waals surface area contributed by atoms with Crippen molar-refractivity contribution in [1.82, 2.24) is 5.32 Å². The molecule has 5 heteroatoms. The van der Waals surface area contributed by atoms with Gasteiger partial charge in [0.1, 0.15) is 11.6 Å². The summed E-state index contributed by atoms with van der Waals surface area (Å²) in [6.45, 7) is 2.21. The molecular weight excluding hydrogens is 244 g/mol. The summed E-state index contributed by atoms with van der Waals surface area (Å²) < 4.78 is 38.8. The van der Waals surface area contributed by atoms with E-state index in [1.165, 1.54) is 19.1 Å². The van der Waals surface area contributed by atoms with E-state index in [9.17, 15) is 13.0 Å². The van der Waals surface area contributed by atoms with E-state index in [-0.39, 0.29) is 11.6 Å². The third-order valence-corrected chi connectivity index (χ3v) is 4.39. The van der Waals surface area contributed by atoms with Crippen molar-refractivity contribution in [3.63, 3.8) is 0 Å². The molecule has 0 saturated carbocycles. The van der Waals surface area contributed by atoms with Crippen LogP contribution >= 0.6 is 0 Å². The largest absolute Gasteiger partial charge is 0.309 e. The second kappa shape index (κ2) is 5.23. The van der Waals surface area contributed by atoms with Crippen LogP contribution in [0.25, 0.3) is 0 Å². The molecule has 1 fully saturated rings. The Kier molecular flexibility index (Phi) is 3.89. The topological polar surface area (TPSA) is 29.1 Å². The molecule has 2 atom stereocenters. The van der Waals surface area contributed by atoms with Crippen LogP contribution in [0.2, 0.25) is 0 Å². The molecule has 1 saturated heterocycles. The Morgan fingerprint density at radius 3 is 2.88 bits per heavy atom. The number of hydrogen-bond donors (Lipinski definition) is 1. The van der Waals surface area contributed by atoms with Gasteiger partial charge in [0.15, 0.2) is 0 Å². The summed E-state index contributed by atoms with van der Waals surface area (Å²) >= 11 is 0. The fourth-order valence-corrected chi connectivity index (χ4v) is 3.27. The van der Waals surface area contributed by atoms with Gasteiger partial charge < -0.3 is 5.32 Å². The molecular formula is C12H15F2NOS. The number of aryl methyl sites for hydroxylation is 1. The van der Waals surface area contributed by atoms with Crippen LogP contribution in [0.3, 0.4) is 0 Å². The zero-order valence-electron chi connectivity index (χ0n) is 9.63. The molecule has 0 aliphatic carbocycles. The molecule has 0 aromatic heterocycles. The molecule has 17 heavy (non-hydrogen) atoms. The first kappa shape index (κ1) is 12.6. The predicted molar refractivity (Wildman–Crippen MR) is 64.3 cm³/mol. The maximum atomic E-state index is 13.8. The van der Waals surface area contributed by atoms with Crippen LogP contribution in [-0.4, -0.2) is 22.3 Å². The van der Waals surface area contributed by atoms with E-state index in [0.29, 0.717) is 23.6 Å². The van der Waals surface area contributed by atoms with E-state index in [0.717, 1.165) is 6.42 Å². The normalized spacial score (nSPS) is 25.6. The van der Waals surface area contributed by atoms with Crippen molar-refractivity contribution in [2.45, 2.75) is 19.4 Å². The standard InChI is InChI=1S/C12H15F2NOS/c1-8-5-11(14)9(6-10(8)13)12-7-17(16)4-2-3-15-12/h5-6,12,15H,2-4,7H2,1H3. The molecule has 94 valence electrons. The van der Waals surface area contributed by atoms with Crippen LogP contribution in [-0.2, 0) is 10.8 Å². The van der Waals surface area contributed by atoms with E-state index < -0.39 is 22.4 Å². The van der Waals surface area contributed by atoms with E-state index >= 15 is 0 Å². The first-order chi connectivity index (χ1) is 8.08. The van der Waals surface area contributed by atoms with Gasteiger partial charge in [0.25, 0.3) is 0 Å². The molecule has 0 spiro atoms. The van der Waals surface area contributed by atoms with Crippen molar-refractivity contribution in [1.29, 1.82) is 0 Å². The average molecular weight is 259 g/mol. The Bertz CT molecular complexity index is 450. The summed E-state index contributed by atoms with van der Waals surface area (Å²) in [5.74, 6) is 0.123. The second-order valence-electron chi connectivity index (χ2n) is 4.29. The number of hydrogen-bond acceptors (Lipinski definition) is 2. The Morgan fingerprint density at radius 2 is 2.12 bits per heavy atom. The average Bonchev–Trinajstić information content (AvgIpc) is 2.48. The van der Waals surface area contributed by atoms with Crippen molar-refractivity contribution >= 4 is 10.8 Å². The first-order valence-electron chi connectivity index (χ1n) is 5.62. The summed E-state index contributed by atoms with van der Waals surface area (Å²) in [4.78, 5) is 0. The third kappa shape index (κ3) is 2.90. The van der Waals surface area contributed by atoms with Gasteiger partial charge in [0, 0.05) is 33.9 Å². The Balaban J connectivity index is 2.32. The van der Waals surface area contributed by atoms with Gasteiger partial charge in [-0.25, -0.2) is 8.78 Å². The molecule has 1 N–H and O–H groups in total. The Hall–Kier alpha value is -0.810. The molecule has 1 aliphatic heterocycles. The van der Waals surface area contributed by atoms with Gasteiger partial charge in [0.05, 0.1) is 0 Å². The fourth-order valence-electron chi connectivity index (χ4n) is 1.97. The van der Waals surface area contributed by atoms with Crippen molar-refractivity contribution in [3.8, 4) is 0 Å². The molecule has 0 radical (unpaired) electrons. The van der Waals surface area contributed by atoms with Crippen molar-refractivity contribution in [2.75, 3.05) is 18.1 Å². The lowest BCUT2D eigenvalue weighted by molar-refractivity contribution is 0.524. The molecule has 0 amide bonds. The molecule has 1 aromatic carbocycles. The van der Waals surface area contributed by atoms with Gasteiger partial charge in [0.2, 0.25) is 0 Å². The lowest BCUT2D eigenvalue weighted by atomic mass is 10.0. The van der Waals surface area contributed by atoms with Crippen molar-refractivity contribution < 1.29 is 13.0 Å². The van der Waals surface area contributed by atoms with Crippen LogP contribution in [0.1, 0.15) is 23.6 Å². The van der Waals surface area contributed by atoms with E-state index in [4.69, 9.17) is 0 Å². The maximum Gasteiger partial charge on any atom is 0.128 e. The van der Waals surface area contributed by atoms with E-state index in [1.807, 2.05) is 0 Å². The smallest absolute Gasteiger partial charge is 0.128 e. The van der Waals surface area contributed by atoms with Crippen molar-refractivity contribution in [2.24, 2.45) is 0 Å². The first-order valence-corrected chi connectivity index (χ1v) is 7.10. The monoisotopic (exact) mass is 259 g/mol. The van der Waals surface area contributed by atoms with Gasteiger partial charge in [-0.1, -0.05) is 0 Å². The minimum Gasteiger partial charge on any atom is -0.309 e. The molecule has 1 heterocycles. The molecule has 2 nitrogen and oxygen atoms in total. The number of halogens is 2.